The molecule has 1 fully saturated rings. The molecule has 2 N–H and O–H groups in total. The summed E-state index contributed by atoms with van der Waals surface area (Å²) >= 11 is 5.15. The Bertz CT molecular complexity index is 637. The number of nitrogens with zero attached hydrogens (tertiary/aromatic N) is 1. The lowest BCUT2D eigenvalue weighted by atomic mass is 10.0. The molecule has 1 atom stereocenters. The van der Waals surface area contributed by atoms with E-state index in [2.05, 4.69) is 43.7 Å². The third-order valence-corrected chi connectivity index (χ3v) is 5.46. The van der Waals surface area contributed by atoms with E-state index in [-0.39, 0.29) is 36.6 Å². The van der Waals surface area contributed by atoms with Gasteiger partial charge in [-0.3, -0.25) is 4.90 Å². The number of hydrogen-bond acceptors (Lipinski definition) is 5. The number of methoxy groups -OCH3 is 1. The van der Waals surface area contributed by atoms with Crippen LogP contribution in [-0.4, -0.2) is 43.3 Å². The van der Waals surface area contributed by atoms with Gasteiger partial charge in [-0.2, -0.15) is 0 Å². The Balaban J connectivity index is 0.00000144. The highest BCUT2D eigenvalue weighted by Crippen LogP contribution is 2.42. The van der Waals surface area contributed by atoms with Crippen molar-refractivity contribution in [3.8, 4) is 11.5 Å². The van der Waals surface area contributed by atoms with Crippen LogP contribution in [0.3, 0.4) is 0 Å². The number of hydrogen-bond donors (Lipinski definition) is 2. The van der Waals surface area contributed by atoms with E-state index in [1.165, 1.54) is 4.88 Å². The van der Waals surface area contributed by atoms with Gasteiger partial charge in [-0.05, 0) is 39.5 Å². The van der Waals surface area contributed by atoms with Gasteiger partial charge in [0.25, 0.3) is 0 Å². The van der Waals surface area contributed by atoms with Crippen molar-refractivity contribution in [3.63, 3.8) is 0 Å². The second-order valence-electron chi connectivity index (χ2n) is 5.25. The minimum absolute atomic E-state index is 0. The number of phenols is 1. The van der Waals surface area contributed by atoms with Gasteiger partial charge in [0.1, 0.15) is 11.5 Å². The summed E-state index contributed by atoms with van der Waals surface area (Å²) in [5.74, 6) is 1.04. The molecule has 0 spiro atoms. The number of ether oxygens (including phenoxy) is 1. The van der Waals surface area contributed by atoms with E-state index in [0.29, 0.717) is 4.47 Å². The van der Waals surface area contributed by atoms with Crippen molar-refractivity contribution in [2.75, 3.05) is 33.3 Å². The molecule has 3 rings (SSSR count). The summed E-state index contributed by atoms with van der Waals surface area (Å²) in [6, 6.07) is 7.97. The van der Waals surface area contributed by atoms with Gasteiger partial charge in [0.2, 0.25) is 0 Å². The van der Waals surface area contributed by atoms with Crippen LogP contribution in [0.5, 0.6) is 11.5 Å². The number of halogens is 3. The van der Waals surface area contributed by atoms with Crippen LogP contribution in [0.2, 0.25) is 0 Å². The van der Waals surface area contributed by atoms with E-state index in [1.54, 1.807) is 24.5 Å². The summed E-state index contributed by atoms with van der Waals surface area (Å²) in [5, 5.41) is 16.0. The van der Waals surface area contributed by atoms with Crippen molar-refractivity contribution in [1.29, 1.82) is 0 Å². The molecule has 1 saturated heterocycles. The van der Waals surface area contributed by atoms with E-state index in [9.17, 15) is 5.11 Å². The first-order valence-electron chi connectivity index (χ1n) is 7.25. The number of nitrogens with one attached hydrogen (secondary N) is 1. The normalized spacial score (nSPS) is 15.9. The van der Waals surface area contributed by atoms with E-state index in [4.69, 9.17) is 4.74 Å². The van der Waals surface area contributed by atoms with E-state index in [0.717, 1.165) is 37.5 Å². The molecule has 1 aliphatic heterocycles. The molecule has 2 heterocycles. The van der Waals surface area contributed by atoms with Gasteiger partial charge < -0.3 is 15.2 Å². The monoisotopic (exact) mass is 454 g/mol. The van der Waals surface area contributed by atoms with E-state index in [1.807, 2.05) is 6.07 Å². The lowest BCUT2D eigenvalue weighted by molar-refractivity contribution is 0.197. The van der Waals surface area contributed by atoms with Gasteiger partial charge >= 0.3 is 0 Å². The largest absolute Gasteiger partial charge is 0.506 e. The first-order chi connectivity index (χ1) is 10.7. The fraction of sp³-hybridized carbons (Fsp3) is 0.375. The Labute approximate surface area is 167 Å². The van der Waals surface area contributed by atoms with Gasteiger partial charge in [0.15, 0.2) is 0 Å². The molecule has 0 bridgehead atoms. The van der Waals surface area contributed by atoms with Crippen LogP contribution in [0, 0.1) is 0 Å². The third-order valence-electron chi connectivity index (χ3n) is 3.93. The van der Waals surface area contributed by atoms with Crippen LogP contribution in [0.1, 0.15) is 16.5 Å². The van der Waals surface area contributed by atoms with Crippen molar-refractivity contribution in [2.45, 2.75) is 6.04 Å². The number of rotatable bonds is 4. The molecule has 8 heteroatoms. The topological polar surface area (TPSA) is 44.7 Å². The number of aromatic hydroxyl groups is 1. The smallest absolute Gasteiger partial charge is 0.135 e. The number of piperazine rings is 1. The van der Waals surface area contributed by atoms with Crippen LogP contribution < -0.4 is 10.1 Å². The molecule has 0 unspecified atom stereocenters. The average Bonchev–Trinajstić information content (AvgIpc) is 3.06. The molecule has 2 aromatic rings. The second kappa shape index (κ2) is 9.85. The maximum atomic E-state index is 10.6. The van der Waals surface area contributed by atoms with Gasteiger partial charge in [-0.15, -0.1) is 36.2 Å². The molecule has 0 aliphatic carbocycles. The Kier molecular flexibility index (Phi) is 8.84. The molecule has 0 saturated carbocycles. The maximum absolute atomic E-state index is 10.6. The fourth-order valence-corrected chi connectivity index (χ4v) is 4.17. The highest BCUT2D eigenvalue weighted by atomic mass is 79.9. The van der Waals surface area contributed by atoms with Gasteiger partial charge in [0, 0.05) is 36.6 Å². The molecule has 1 aromatic carbocycles. The lowest BCUT2D eigenvalue weighted by Crippen LogP contribution is -2.45. The predicted molar refractivity (Wildman–Crippen MR) is 107 cm³/mol. The maximum Gasteiger partial charge on any atom is 0.135 e. The Morgan fingerprint density at radius 3 is 2.58 bits per heavy atom. The zero-order chi connectivity index (χ0) is 15.5. The summed E-state index contributed by atoms with van der Waals surface area (Å²) in [6.45, 7) is 3.84. The SMILES string of the molecule is COc1cc(Br)c(O)c([C@@H](c2cccs2)N2CCNCC2)c1.Cl.Cl. The van der Waals surface area contributed by atoms with E-state index >= 15 is 0 Å². The van der Waals surface area contributed by atoms with Crippen molar-refractivity contribution < 1.29 is 9.84 Å². The van der Waals surface area contributed by atoms with Crippen molar-refractivity contribution in [3.05, 3.63) is 44.6 Å². The van der Waals surface area contributed by atoms with Crippen LogP contribution in [0.25, 0.3) is 0 Å². The first kappa shape index (κ1) is 21.5. The Morgan fingerprint density at radius 1 is 1.29 bits per heavy atom. The zero-order valence-corrected chi connectivity index (χ0v) is 17.2. The molecular weight excluding hydrogens is 435 g/mol. The van der Waals surface area contributed by atoms with Crippen LogP contribution in [-0.2, 0) is 0 Å². The number of phenolic OH excluding ortho intramolecular Hbond substituents is 1. The summed E-state index contributed by atoms with van der Waals surface area (Å²) in [7, 11) is 1.65. The first-order valence-corrected chi connectivity index (χ1v) is 8.92. The van der Waals surface area contributed by atoms with Gasteiger partial charge in [-0.1, -0.05) is 6.07 Å². The molecule has 24 heavy (non-hydrogen) atoms. The minimum Gasteiger partial charge on any atom is -0.506 e. The zero-order valence-electron chi connectivity index (χ0n) is 13.2. The summed E-state index contributed by atoms with van der Waals surface area (Å²) < 4.78 is 6.04. The fourth-order valence-electron chi connectivity index (χ4n) is 2.84. The van der Waals surface area contributed by atoms with Crippen LogP contribution in [0.4, 0.5) is 0 Å². The minimum atomic E-state index is 0. The molecule has 0 radical (unpaired) electrons. The predicted octanol–water partition coefficient (Wildman–Crippen LogP) is 4.06. The summed E-state index contributed by atoms with van der Waals surface area (Å²) in [4.78, 5) is 3.64. The highest BCUT2D eigenvalue weighted by molar-refractivity contribution is 9.10. The van der Waals surface area contributed by atoms with E-state index < -0.39 is 0 Å². The van der Waals surface area contributed by atoms with Crippen molar-refractivity contribution >= 4 is 52.1 Å². The van der Waals surface area contributed by atoms with Crippen molar-refractivity contribution in [2.24, 2.45) is 0 Å². The third kappa shape index (κ3) is 4.56. The summed E-state index contributed by atoms with van der Waals surface area (Å²) in [5.41, 5.74) is 0.885. The van der Waals surface area contributed by atoms with Gasteiger partial charge in [0.05, 0.1) is 17.6 Å². The van der Waals surface area contributed by atoms with Crippen LogP contribution >= 0.6 is 52.1 Å². The highest BCUT2D eigenvalue weighted by Gasteiger charge is 2.28. The van der Waals surface area contributed by atoms with Gasteiger partial charge in [-0.25, -0.2) is 0 Å². The molecule has 1 aromatic heterocycles. The molecule has 0 amide bonds. The van der Waals surface area contributed by atoms with Crippen LogP contribution in [0.15, 0.2) is 34.1 Å². The molecule has 1 aliphatic rings. The number of thiophene rings is 1. The Hall–Kier alpha value is -0.500. The summed E-state index contributed by atoms with van der Waals surface area (Å²) in [6.07, 6.45) is 0. The average molecular weight is 456 g/mol. The number of benzene rings is 1. The second-order valence-corrected chi connectivity index (χ2v) is 7.08. The molecular formula is C16H21BrCl2N2O2S. The Morgan fingerprint density at radius 2 is 2.00 bits per heavy atom. The molecule has 4 nitrogen and oxygen atoms in total. The standard InChI is InChI=1S/C16H19BrN2O2S.2ClH/c1-21-11-9-12(16(20)13(17)10-11)15(14-3-2-8-22-14)19-6-4-18-5-7-19;;/h2-3,8-10,15,18,20H,4-7H2,1H3;2*1H/t15-;;/m0../s1. The lowest BCUT2D eigenvalue weighted by Gasteiger charge is -2.35. The molecule has 134 valence electrons. The van der Waals surface area contributed by atoms with Crippen molar-refractivity contribution in [1.82, 2.24) is 10.2 Å². The quantitative estimate of drug-likeness (QED) is 0.729.